The topological polar surface area (TPSA) is 76.0 Å². The normalized spacial score (nSPS) is 10.2. The van der Waals surface area contributed by atoms with E-state index in [1.807, 2.05) is 0 Å². The molecule has 17 heavy (non-hydrogen) atoms. The fourth-order valence-electron chi connectivity index (χ4n) is 1.10. The molecule has 0 spiro atoms. The third kappa shape index (κ3) is 2.92. The van der Waals surface area contributed by atoms with Crippen LogP contribution < -0.4 is 0 Å². The monoisotopic (exact) mass is 267 g/mol. The molecule has 0 saturated heterocycles. The highest BCUT2D eigenvalue weighted by molar-refractivity contribution is 7.99. The predicted molar refractivity (Wildman–Crippen MR) is 62.4 cm³/mol. The molecule has 0 bridgehead atoms. The van der Waals surface area contributed by atoms with Crippen molar-refractivity contribution in [2.75, 3.05) is 0 Å². The zero-order chi connectivity index (χ0) is 12.3. The van der Waals surface area contributed by atoms with Gasteiger partial charge in [-0.25, -0.2) is 14.8 Å². The first-order valence-electron chi connectivity index (χ1n) is 4.50. The summed E-state index contributed by atoms with van der Waals surface area (Å²) in [4.78, 5) is 22.9. The number of aromatic carboxylic acids is 1. The lowest BCUT2D eigenvalue weighted by Crippen LogP contribution is -2.01. The van der Waals surface area contributed by atoms with E-state index in [1.54, 1.807) is 0 Å². The second-order valence-electron chi connectivity index (χ2n) is 2.94. The molecule has 2 heterocycles. The second-order valence-corrected chi connectivity index (χ2v) is 4.33. The summed E-state index contributed by atoms with van der Waals surface area (Å²) in [5.74, 6) is -1.06. The molecule has 0 amide bonds. The fraction of sp³-hybridized carbons (Fsp3) is 0. The van der Waals surface area contributed by atoms with Gasteiger partial charge in [0.2, 0.25) is 0 Å². The maximum atomic E-state index is 11.0. The van der Waals surface area contributed by atoms with Crippen molar-refractivity contribution in [1.82, 2.24) is 15.0 Å². The van der Waals surface area contributed by atoms with Crippen LogP contribution in [-0.2, 0) is 0 Å². The highest BCUT2D eigenvalue weighted by Crippen LogP contribution is 2.27. The number of nitrogens with zero attached hydrogens (tertiary/aromatic N) is 3. The number of rotatable bonds is 3. The van der Waals surface area contributed by atoms with Crippen LogP contribution in [0.5, 0.6) is 0 Å². The van der Waals surface area contributed by atoms with E-state index in [2.05, 4.69) is 15.0 Å². The van der Waals surface area contributed by atoms with Crippen molar-refractivity contribution in [3.63, 3.8) is 0 Å². The van der Waals surface area contributed by atoms with Gasteiger partial charge in [-0.2, -0.15) is 0 Å². The van der Waals surface area contributed by atoms with Crippen LogP contribution in [0, 0.1) is 0 Å². The number of aromatic nitrogens is 3. The smallest absolute Gasteiger partial charge is 0.338 e. The summed E-state index contributed by atoms with van der Waals surface area (Å²) in [7, 11) is 0. The minimum atomic E-state index is -1.06. The van der Waals surface area contributed by atoms with Gasteiger partial charge in [0, 0.05) is 12.4 Å². The third-order valence-corrected chi connectivity index (χ3v) is 2.93. The molecule has 1 N–H and O–H groups in total. The molecule has 7 heteroatoms. The average Bonchev–Trinajstić information content (AvgIpc) is 2.30. The summed E-state index contributed by atoms with van der Waals surface area (Å²) < 4.78 is 0. The van der Waals surface area contributed by atoms with E-state index in [0.29, 0.717) is 10.1 Å². The Balaban J connectivity index is 2.37. The molecule has 0 fully saturated rings. The lowest BCUT2D eigenvalue weighted by atomic mass is 10.3. The Bertz CT molecular complexity index is 551. The molecular weight excluding hydrogens is 262 g/mol. The Hall–Kier alpha value is -1.66. The van der Waals surface area contributed by atoms with Gasteiger partial charge >= 0.3 is 5.97 Å². The number of hydrogen-bond acceptors (Lipinski definition) is 5. The van der Waals surface area contributed by atoms with Crippen molar-refractivity contribution in [1.29, 1.82) is 0 Å². The molecule has 0 radical (unpaired) electrons. The van der Waals surface area contributed by atoms with Gasteiger partial charge in [-0.1, -0.05) is 11.6 Å². The quantitative estimate of drug-likeness (QED) is 0.861. The Kier molecular flexibility index (Phi) is 3.55. The zero-order valence-corrected chi connectivity index (χ0v) is 9.94. The molecule has 2 rings (SSSR count). The van der Waals surface area contributed by atoms with Gasteiger partial charge in [0.1, 0.15) is 15.2 Å². The largest absolute Gasteiger partial charge is 0.478 e. The SMILES string of the molecule is O=C(O)c1ccc(Cl)nc1Sc1cnccn1. The van der Waals surface area contributed by atoms with E-state index in [4.69, 9.17) is 16.7 Å². The van der Waals surface area contributed by atoms with E-state index >= 15 is 0 Å². The van der Waals surface area contributed by atoms with E-state index < -0.39 is 5.97 Å². The molecule has 0 saturated carbocycles. The van der Waals surface area contributed by atoms with Crippen LogP contribution in [0.3, 0.4) is 0 Å². The Morgan fingerprint density at radius 2 is 2.18 bits per heavy atom. The summed E-state index contributed by atoms with van der Waals surface area (Å²) in [6, 6.07) is 2.85. The number of carboxylic acid groups (broad SMARTS) is 1. The Morgan fingerprint density at radius 3 is 2.82 bits per heavy atom. The van der Waals surface area contributed by atoms with Gasteiger partial charge in [-0.3, -0.25) is 4.98 Å². The van der Waals surface area contributed by atoms with Crippen LogP contribution in [-0.4, -0.2) is 26.0 Å². The number of pyridine rings is 1. The summed E-state index contributed by atoms with van der Waals surface area (Å²) in [5, 5.41) is 10.1. The van der Waals surface area contributed by atoms with Crippen molar-refractivity contribution in [2.24, 2.45) is 0 Å². The molecular formula is C10H6ClN3O2S. The van der Waals surface area contributed by atoms with Crippen LogP contribution in [0.25, 0.3) is 0 Å². The third-order valence-electron chi connectivity index (χ3n) is 1.80. The van der Waals surface area contributed by atoms with E-state index in [0.717, 1.165) is 11.8 Å². The molecule has 5 nitrogen and oxygen atoms in total. The first-order valence-corrected chi connectivity index (χ1v) is 5.70. The number of halogens is 1. The Morgan fingerprint density at radius 1 is 1.35 bits per heavy atom. The minimum absolute atomic E-state index is 0.0880. The number of carboxylic acids is 1. The second kappa shape index (κ2) is 5.11. The molecule has 2 aromatic heterocycles. The Labute approximate surface area is 106 Å². The lowest BCUT2D eigenvalue weighted by Gasteiger charge is -2.03. The molecule has 0 aromatic carbocycles. The summed E-state index contributed by atoms with van der Waals surface area (Å²) in [5.41, 5.74) is 0.0880. The van der Waals surface area contributed by atoms with Gasteiger partial charge in [0.05, 0.1) is 11.8 Å². The molecule has 0 aliphatic rings. The van der Waals surface area contributed by atoms with Crippen molar-refractivity contribution >= 4 is 29.3 Å². The van der Waals surface area contributed by atoms with Gasteiger partial charge < -0.3 is 5.11 Å². The van der Waals surface area contributed by atoms with Gasteiger partial charge in [0.15, 0.2) is 0 Å². The molecule has 2 aromatic rings. The zero-order valence-electron chi connectivity index (χ0n) is 8.37. The van der Waals surface area contributed by atoms with E-state index in [-0.39, 0.29) is 10.7 Å². The molecule has 0 atom stereocenters. The van der Waals surface area contributed by atoms with Crippen molar-refractivity contribution in [3.05, 3.63) is 41.4 Å². The van der Waals surface area contributed by atoms with Crippen molar-refractivity contribution in [2.45, 2.75) is 10.1 Å². The predicted octanol–water partition coefficient (Wildman–Crippen LogP) is 2.37. The van der Waals surface area contributed by atoms with E-state index in [1.165, 1.54) is 30.7 Å². The van der Waals surface area contributed by atoms with Crippen molar-refractivity contribution in [3.8, 4) is 0 Å². The van der Waals surface area contributed by atoms with Gasteiger partial charge in [-0.05, 0) is 23.9 Å². The van der Waals surface area contributed by atoms with Gasteiger partial charge in [0.25, 0.3) is 0 Å². The van der Waals surface area contributed by atoms with Crippen LogP contribution >= 0.6 is 23.4 Å². The fourth-order valence-corrected chi connectivity index (χ4v) is 2.13. The first kappa shape index (κ1) is 11.8. The number of carbonyl (C=O) groups is 1. The van der Waals surface area contributed by atoms with Crippen LogP contribution in [0.1, 0.15) is 10.4 Å². The first-order chi connectivity index (χ1) is 8.16. The molecule has 0 unspecified atom stereocenters. The number of hydrogen-bond donors (Lipinski definition) is 1. The van der Waals surface area contributed by atoms with Gasteiger partial charge in [-0.15, -0.1) is 0 Å². The maximum Gasteiger partial charge on any atom is 0.338 e. The minimum Gasteiger partial charge on any atom is -0.478 e. The highest BCUT2D eigenvalue weighted by Gasteiger charge is 2.13. The van der Waals surface area contributed by atoms with Crippen LogP contribution in [0.4, 0.5) is 0 Å². The highest BCUT2D eigenvalue weighted by atomic mass is 35.5. The summed E-state index contributed by atoms with van der Waals surface area (Å²) in [6.07, 6.45) is 4.58. The molecule has 0 aliphatic heterocycles. The van der Waals surface area contributed by atoms with E-state index in [9.17, 15) is 4.79 Å². The summed E-state index contributed by atoms with van der Waals surface area (Å²) >= 11 is 6.84. The maximum absolute atomic E-state index is 11.0. The molecule has 86 valence electrons. The van der Waals surface area contributed by atoms with Crippen molar-refractivity contribution < 1.29 is 9.90 Å². The standard InChI is InChI=1S/C10H6ClN3O2S/c11-7-2-1-6(10(15)16)9(14-7)17-8-5-12-3-4-13-8/h1-5H,(H,15,16). The summed E-state index contributed by atoms with van der Waals surface area (Å²) in [6.45, 7) is 0. The van der Waals surface area contributed by atoms with Crippen LogP contribution in [0.2, 0.25) is 5.15 Å². The molecule has 0 aliphatic carbocycles. The van der Waals surface area contributed by atoms with Crippen LogP contribution in [0.15, 0.2) is 40.8 Å². The lowest BCUT2D eigenvalue weighted by molar-refractivity contribution is 0.0692. The average molecular weight is 268 g/mol.